The van der Waals surface area contributed by atoms with Gasteiger partial charge >= 0.3 is 5.91 Å². The number of hydrazine groups is 1. The molecule has 22 heavy (non-hydrogen) atoms. The Labute approximate surface area is 127 Å². The van der Waals surface area contributed by atoms with E-state index in [0.717, 1.165) is 0 Å². The first-order chi connectivity index (χ1) is 10.6. The highest BCUT2D eigenvalue weighted by Crippen LogP contribution is 2.12. The number of nitrogens with one attached hydrogen (secondary N) is 2. The molecule has 6 nitrogen and oxygen atoms in total. The summed E-state index contributed by atoms with van der Waals surface area (Å²) in [6.07, 6.45) is 2.80. The van der Waals surface area contributed by atoms with E-state index >= 15 is 0 Å². The van der Waals surface area contributed by atoms with Gasteiger partial charge in [0.1, 0.15) is 5.75 Å². The van der Waals surface area contributed by atoms with Gasteiger partial charge in [-0.15, -0.1) is 0 Å². The summed E-state index contributed by atoms with van der Waals surface area (Å²) in [5.74, 6) is 0.261. The van der Waals surface area contributed by atoms with Gasteiger partial charge < -0.3 is 14.6 Å². The van der Waals surface area contributed by atoms with E-state index in [1.165, 1.54) is 12.3 Å². The Kier molecular flexibility index (Phi) is 4.98. The molecule has 6 heteroatoms. The lowest BCUT2D eigenvalue weighted by molar-refractivity contribution is 0.0909. The summed E-state index contributed by atoms with van der Waals surface area (Å²) in [6.45, 7) is 1.67. The fraction of sp³-hybridized carbons (Fsp3) is 0.125. The molecular formula is C16H16N2O4. The molecule has 0 aliphatic heterocycles. The van der Waals surface area contributed by atoms with Crippen molar-refractivity contribution < 1.29 is 18.7 Å². The van der Waals surface area contributed by atoms with Gasteiger partial charge in [0.15, 0.2) is 11.5 Å². The number of furan rings is 1. The number of ketones is 1. The number of carbonyl (C=O) groups excluding carboxylic acids is 2. The molecule has 0 radical (unpaired) electrons. The SMILES string of the molecule is COc1ccc(C(=O)/C=C(/C)NNC(=O)c2ccco2)cc1. The van der Waals surface area contributed by atoms with Crippen LogP contribution in [0.1, 0.15) is 27.8 Å². The molecule has 1 aromatic carbocycles. The molecule has 2 N–H and O–H groups in total. The van der Waals surface area contributed by atoms with Gasteiger partial charge in [-0.05, 0) is 43.3 Å². The number of hydrogen-bond acceptors (Lipinski definition) is 5. The van der Waals surface area contributed by atoms with Crippen molar-refractivity contribution in [2.75, 3.05) is 7.11 Å². The zero-order chi connectivity index (χ0) is 15.9. The minimum atomic E-state index is -0.422. The van der Waals surface area contributed by atoms with E-state index in [1.807, 2.05) is 0 Å². The number of hydrogen-bond donors (Lipinski definition) is 2. The molecule has 0 unspecified atom stereocenters. The maximum absolute atomic E-state index is 12.0. The number of ether oxygens (including phenoxy) is 1. The molecule has 0 saturated heterocycles. The fourth-order valence-corrected chi connectivity index (χ4v) is 1.70. The predicted octanol–water partition coefficient (Wildman–Crippen LogP) is 2.31. The van der Waals surface area contributed by atoms with Crippen LogP contribution in [0.4, 0.5) is 0 Å². The van der Waals surface area contributed by atoms with Crippen LogP contribution in [0, 0.1) is 0 Å². The first-order valence-electron chi connectivity index (χ1n) is 6.56. The molecule has 0 aliphatic rings. The molecule has 0 spiro atoms. The zero-order valence-corrected chi connectivity index (χ0v) is 12.3. The average Bonchev–Trinajstić information content (AvgIpc) is 3.07. The number of methoxy groups -OCH3 is 1. The molecule has 1 aromatic heterocycles. The van der Waals surface area contributed by atoms with Crippen molar-refractivity contribution in [2.24, 2.45) is 0 Å². The Morgan fingerprint density at radius 1 is 1.14 bits per heavy atom. The third-order valence-electron chi connectivity index (χ3n) is 2.84. The fourth-order valence-electron chi connectivity index (χ4n) is 1.70. The van der Waals surface area contributed by atoms with Gasteiger partial charge in [0.05, 0.1) is 13.4 Å². The monoisotopic (exact) mass is 300 g/mol. The van der Waals surface area contributed by atoms with Crippen LogP contribution in [0.25, 0.3) is 0 Å². The van der Waals surface area contributed by atoms with Crippen molar-refractivity contribution in [3.05, 3.63) is 65.8 Å². The molecule has 0 saturated carbocycles. The number of benzene rings is 1. The van der Waals surface area contributed by atoms with E-state index in [-0.39, 0.29) is 11.5 Å². The predicted molar refractivity (Wildman–Crippen MR) is 80.4 cm³/mol. The Hall–Kier alpha value is -3.02. The highest BCUT2D eigenvalue weighted by Gasteiger charge is 2.08. The largest absolute Gasteiger partial charge is 0.497 e. The first-order valence-corrected chi connectivity index (χ1v) is 6.56. The van der Waals surface area contributed by atoms with Crippen molar-refractivity contribution in [2.45, 2.75) is 6.92 Å². The lowest BCUT2D eigenvalue weighted by Crippen LogP contribution is -2.36. The number of amides is 1. The summed E-state index contributed by atoms with van der Waals surface area (Å²) in [5.41, 5.74) is 6.11. The molecule has 2 aromatic rings. The van der Waals surface area contributed by atoms with Gasteiger partial charge in [-0.3, -0.25) is 15.0 Å². The molecule has 2 rings (SSSR count). The molecule has 0 fully saturated rings. The van der Waals surface area contributed by atoms with Crippen molar-refractivity contribution >= 4 is 11.7 Å². The topological polar surface area (TPSA) is 80.6 Å². The van der Waals surface area contributed by atoms with Crippen LogP contribution in [-0.4, -0.2) is 18.8 Å². The number of rotatable bonds is 6. The second kappa shape index (κ2) is 7.12. The van der Waals surface area contributed by atoms with Gasteiger partial charge in [0.25, 0.3) is 0 Å². The van der Waals surface area contributed by atoms with Crippen LogP contribution in [0.2, 0.25) is 0 Å². The number of carbonyl (C=O) groups is 2. The van der Waals surface area contributed by atoms with Crippen LogP contribution < -0.4 is 15.6 Å². The van der Waals surface area contributed by atoms with Crippen LogP contribution in [-0.2, 0) is 0 Å². The maximum Gasteiger partial charge on any atom is 0.305 e. The molecule has 1 heterocycles. The summed E-state index contributed by atoms with van der Waals surface area (Å²) >= 11 is 0. The van der Waals surface area contributed by atoms with Gasteiger partial charge in [-0.25, -0.2) is 0 Å². The number of allylic oxidation sites excluding steroid dienone is 2. The first kappa shape index (κ1) is 15.4. The van der Waals surface area contributed by atoms with Gasteiger partial charge in [0.2, 0.25) is 0 Å². The van der Waals surface area contributed by atoms with E-state index in [1.54, 1.807) is 50.4 Å². The van der Waals surface area contributed by atoms with E-state index in [9.17, 15) is 9.59 Å². The van der Waals surface area contributed by atoms with Crippen molar-refractivity contribution in [1.29, 1.82) is 0 Å². The van der Waals surface area contributed by atoms with Gasteiger partial charge in [0, 0.05) is 17.3 Å². The van der Waals surface area contributed by atoms with E-state index < -0.39 is 5.91 Å². The minimum absolute atomic E-state index is 0.181. The molecule has 0 atom stereocenters. The third-order valence-corrected chi connectivity index (χ3v) is 2.84. The smallest absolute Gasteiger partial charge is 0.305 e. The zero-order valence-electron chi connectivity index (χ0n) is 12.3. The second-order valence-electron chi connectivity index (χ2n) is 4.48. The summed E-state index contributed by atoms with van der Waals surface area (Å²) in [4.78, 5) is 23.7. The Morgan fingerprint density at radius 3 is 2.45 bits per heavy atom. The summed E-state index contributed by atoms with van der Waals surface area (Å²) < 4.78 is 9.98. The Bertz CT molecular complexity index is 673. The van der Waals surface area contributed by atoms with Gasteiger partial charge in [-0.1, -0.05) is 0 Å². The molecular weight excluding hydrogens is 284 g/mol. The lowest BCUT2D eigenvalue weighted by atomic mass is 10.1. The van der Waals surface area contributed by atoms with Crippen LogP contribution >= 0.6 is 0 Å². The standard InChI is InChI=1S/C16H16N2O4/c1-11(17-18-16(20)15-4-3-9-22-15)10-14(19)12-5-7-13(21-2)8-6-12/h3-10,17H,1-2H3,(H,18,20)/b11-10-. The van der Waals surface area contributed by atoms with E-state index in [4.69, 9.17) is 9.15 Å². The quantitative estimate of drug-likeness (QED) is 0.486. The normalized spacial score (nSPS) is 10.9. The maximum atomic E-state index is 12.0. The van der Waals surface area contributed by atoms with Crippen molar-refractivity contribution in [3.63, 3.8) is 0 Å². The Balaban J connectivity index is 1.93. The summed E-state index contributed by atoms with van der Waals surface area (Å²) in [6, 6.07) is 9.92. The highest BCUT2D eigenvalue weighted by molar-refractivity contribution is 6.04. The van der Waals surface area contributed by atoms with E-state index in [2.05, 4.69) is 10.9 Å². The third kappa shape index (κ3) is 3.99. The van der Waals surface area contributed by atoms with Gasteiger partial charge in [-0.2, -0.15) is 0 Å². The lowest BCUT2D eigenvalue weighted by Gasteiger charge is -2.07. The molecule has 0 aliphatic carbocycles. The minimum Gasteiger partial charge on any atom is -0.497 e. The van der Waals surface area contributed by atoms with E-state index in [0.29, 0.717) is 17.0 Å². The van der Waals surface area contributed by atoms with Crippen LogP contribution in [0.15, 0.2) is 58.9 Å². The Morgan fingerprint density at radius 2 is 1.86 bits per heavy atom. The van der Waals surface area contributed by atoms with Crippen molar-refractivity contribution in [3.8, 4) is 5.75 Å². The second-order valence-corrected chi connectivity index (χ2v) is 4.48. The average molecular weight is 300 g/mol. The molecule has 0 bridgehead atoms. The van der Waals surface area contributed by atoms with Crippen LogP contribution in [0.3, 0.4) is 0 Å². The summed E-state index contributed by atoms with van der Waals surface area (Å²) in [7, 11) is 1.56. The summed E-state index contributed by atoms with van der Waals surface area (Å²) in [5, 5.41) is 0. The van der Waals surface area contributed by atoms with Crippen LogP contribution in [0.5, 0.6) is 5.75 Å². The molecule has 1 amide bonds. The molecule has 114 valence electrons. The van der Waals surface area contributed by atoms with Crippen molar-refractivity contribution in [1.82, 2.24) is 10.9 Å². The highest BCUT2D eigenvalue weighted by atomic mass is 16.5.